The van der Waals surface area contributed by atoms with E-state index in [9.17, 15) is 23.6 Å². The van der Waals surface area contributed by atoms with Crippen LogP contribution in [0.5, 0.6) is 0 Å². The average Bonchev–Trinajstić information content (AvgIpc) is 2.67. The molecule has 0 aliphatic rings. The van der Waals surface area contributed by atoms with Crippen molar-refractivity contribution in [1.29, 1.82) is 0 Å². The number of aromatic nitrogens is 2. The number of nitrogens with one attached hydrogen (secondary N) is 2. The lowest BCUT2D eigenvalue weighted by Crippen LogP contribution is -2.33. The van der Waals surface area contributed by atoms with Crippen molar-refractivity contribution >= 4 is 39.9 Å². The van der Waals surface area contributed by atoms with Crippen molar-refractivity contribution in [3.63, 3.8) is 0 Å². The first kappa shape index (κ1) is 19.3. The Morgan fingerprint density at radius 3 is 2.61 bits per heavy atom. The minimum atomic E-state index is -0.935. The highest BCUT2D eigenvalue weighted by atomic mass is 35.5. The highest BCUT2D eigenvalue weighted by Crippen LogP contribution is 2.19. The Balaban J connectivity index is 1.65. The number of esters is 1. The molecule has 2 N–H and O–H groups in total. The quantitative estimate of drug-likeness (QED) is 0.627. The van der Waals surface area contributed by atoms with Gasteiger partial charge in [-0.25, -0.2) is 9.07 Å². The van der Waals surface area contributed by atoms with Crippen LogP contribution in [0.3, 0.4) is 0 Å². The molecule has 1 aromatic heterocycles. The average molecular weight is 406 g/mol. The fourth-order valence-corrected chi connectivity index (χ4v) is 2.63. The molecule has 0 saturated heterocycles. The molecule has 1 heterocycles. The Kier molecular flexibility index (Phi) is 5.55. The maximum atomic E-state index is 13.6. The SMILES string of the molecule is O=C(COC(=O)Cn1[nH]c(=O)c2ccccc2c1=O)Nc1cc(Cl)ccc1F. The van der Waals surface area contributed by atoms with Crippen LogP contribution < -0.4 is 16.4 Å². The van der Waals surface area contributed by atoms with Crippen LogP contribution >= 0.6 is 11.6 Å². The van der Waals surface area contributed by atoms with Crippen molar-refractivity contribution in [2.75, 3.05) is 11.9 Å². The molecule has 144 valence electrons. The fourth-order valence-electron chi connectivity index (χ4n) is 2.46. The molecular weight excluding hydrogens is 393 g/mol. The largest absolute Gasteiger partial charge is 0.454 e. The van der Waals surface area contributed by atoms with Crippen LogP contribution in [0.4, 0.5) is 10.1 Å². The molecule has 0 saturated carbocycles. The highest BCUT2D eigenvalue weighted by Gasteiger charge is 2.14. The zero-order chi connectivity index (χ0) is 20.3. The molecular formula is C18H13ClFN3O5. The van der Waals surface area contributed by atoms with Crippen LogP contribution in [0.25, 0.3) is 10.8 Å². The second-order valence-corrected chi connectivity index (χ2v) is 6.15. The molecule has 3 rings (SSSR count). The summed E-state index contributed by atoms with van der Waals surface area (Å²) in [6.07, 6.45) is 0. The van der Waals surface area contributed by atoms with E-state index in [1.807, 2.05) is 0 Å². The number of amides is 1. The lowest BCUT2D eigenvalue weighted by Gasteiger charge is -2.09. The fraction of sp³-hybridized carbons (Fsp3) is 0.111. The number of carbonyl (C=O) groups excluding carboxylic acids is 2. The first-order chi connectivity index (χ1) is 13.3. The normalized spacial score (nSPS) is 10.6. The minimum absolute atomic E-state index is 0.147. The first-order valence-corrected chi connectivity index (χ1v) is 8.35. The van der Waals surface area contributed by atoms with Gasteiger partial charge >= 0.3 is 5.97 Å². The Hall–Kier alpha value is -3.46. The summed E-state index contributed by atoms with van der Waals surface area (Å²) in [7, 11) is 0. The Bertz CT molecular complexity index is 1190. The van der Waals surface area contributed by atoms with Crippen molar-refractivity contribution in [3.8, 4) is 0 Å². The number of nitrogens with zero attached hydrogens (tertiary/aromatic N) is 1. The van der Waals surface area contributed by atoms with Gasteiger partial charge in [0.15, 0.2) is 6.61 Å². The monoisotopic (exact) mass is 405 g/mol. The number of fused-ring (bicyclic) bond motifs is 1. The number of benzene rings is 2. The summed E-state index contributed by atoms with van der Waals surface area (Å²) < 4.78 is 19.1. The highest BCUT2D eigenvalue weighted by molar-refractivity contribution is 6.30. The molecule has 28 heavy (non-hydrogen) atoms. The lowest BCUT2D eigenvalue weighted by atomic mass is 10.2. The van der Waals surface area contributed by atoms with E-state index in [1.54, 1.807) is 12.1 Å². The van der Waals surface area contributed by atoms with E-state index in [0.29, 0.717) is 0 Å². The van der Waals surface area contributed by atoms with Crippen LogP contribution in [0, 0.1) is 5.82 Å². The van der Waals surface area contributed by atoms with Gasteiger partial charge in [0.25, 0.3) is 17.0 Å². The van der Waals surface area contributed by atoms with E-state index >= 15 is 0 Å². The number of anilines is 1. The number of H-pyrrole nitrogens is 1. The van der Waals surface area contributed by atoms with Crippen LogP contribution in [-0.4, -0.2) is 28.3 Å². The topological polar surface area (TPSA) is 110 Å². The Morgan fingerprint density at radius 2 is 1.86 bits per heavy atom. The number of aromatic amines is 1. The standard InChI is InChI=1S/C18H13ClFN3O5/c19-10-5-6-13(20)14(7-10)21-15(24)9-28-16(25)8-23-18(27)12-4-2-1-3-11(12)17(26)22-23/h1-7H,8-9H2,(H,21,24)(H,22,26). The van der Waals surface area contributed by atoms with E-state index in [-0.39, 0.29) is 21.5 Å². The van der Waals surface area contributed by atoms with E-state index in [4.69, 9.17) is 16.3 Å². The van der Waals surface area contributed by atoms with Crippen LogP contribution in [0.1, 0.15) is 0 Å². The summed E-state index contributed by atoms with van der Waals surface area (Å²) >= 11 is 5.72. The number of hydrogen-bond donors (Lipinski definition) is 2. The minimum Gasteiger partial charge on any atom is -0.454 e. The predicted octanol–water partition coefficient (Wildman–Crippen LogP) is 1.66. The molecule has 1 amide bonds. The van der Waals surface area contributed by atoms with Gasteiger partial charge in [0.05, 0.1) is 16.5 Å². The summed E-state index contributed by atoms with van der Waals surface area (Å²) in [6, 6.07) is 9.73. The third-order valence-electron chi connectivity index (χ3n) is 3.74. The number of carbonyl (C=O) groups is 2. The smallest absolute Gasteiger partial charge is 0.328 e. The van der Waals surface area contributed by atoms with E-state index in [1.165, 1.54) is 24.3 Å². The molecule has 0 spiro atoms. The maximum absolute atomic E-state index is 13.6. The van der Waals surface area contributed by atoms with Crippen LogP contribution in [0.2, 0.25) is 5.02 Å². The summed E-state index contributed by atoms with van der Waals surface area (Å²) in [5, 5.41) is 5.04. The second kappa shape index (κ2) is 8.05. The molecule has 10 heteroatoms. The van der Waals surface area contributed by atoms with Gasteiger partial charge < -0.3 is 10.1 Å². The summed E-state index contributed by atoms with van der Waals surface area (Å²) in [4.78, 5) is 48.0. The summed E-state index contributed by atoms with van der Waals surface area (Å²) in [5.74, 6) is -2.44. The number of hydrogen-bond acceptors (Lipinski definition) is 5. The van der Waals surface area contributed by atoms with E-state index in [0.717, 1.165) is 10.7 Å². The third-order valence-corrected chi connectivity index (χ3v) is 3.97. The van der Waals surface area contributed by atoms with Gasteiger partial charge in [-0.3, -0.25) is 24.3 Å². The molecule has 0 atom stereocenters. The van der Waals surface area contributed by atoms with Crippen molar-refractivity contribution in [3.05, 3.63) is 74.0 Å². The van der Waals surface area contributed by atoms with Gasteiger partial charge in [0, 0.05) is 5.02 Å². The zero-order valence-corrected chi connectivity index (χ0v) is 15.0. The van der Waals surface area contributed by atoms with Gasteiger partial charge in [-0.15, -0.1) is 0 Å². The molecule has 0 bridgehead atoms. The van der Waals surface area contributed by atoms with Crippen LogP contribution in [0.15, 0.2) is 52.1 Å². The predicted molar refractivity (Wildman–Crippen MR) is 99.8 cm³/mol. The van der Waals surface area contributed by atoms with Crippen molar-refractivity contribution in [2.45, 2.75) is 6.54 Å². The third kappa shape index (κ3) is 4.26. The number of ether oxygens (including phenoxy) is 1. The molecule has 3 aromatic rings. The summed E-state index contributed by atoms with van der Waals surface area (Å²) in [6.45, 7) is -1.31. The number of halogens is 2. The maximum Gasteiger partial charge on any atom is 0.328 e. The molecule has 0 aliphatic heterocycles. The molecule has 0 fully saturated rings. The van der Waals surface area contributed by atoms with Gasteiger partial charge in [-0.05, 0) is 30.3 Å². The van der Waals surface area contributed by atoms with Gasteiger partial charge in [0.2, 0.25) is 0 Å². The van der Waals surface area contributed by atoms with Gasteiger partial charge in [0.1, 0.15) is 12.4 Å². The molecule has 0 aliphatic carbocycles. The van der Waals surface area contributed by atoms with E-state index < -0.39 is 42.0 Å². The Morgan fingerprint density at radius 1 is 1.14 bits per heavy atom. The van der Waals surface area contributed by atoms with Crippen LogP contribution in [-0.2, 0) is 20.9 Å². The Labute approximate surface area is 161 Å². The molecule has 2 aromatic carbocycles. The lowest BCUT2D eigenvalue weighted by molar-refractivity contribution is -0.148. The first-order valence-electron chi connectivity index (χ1n) is 7.97. The number of rotatable bonds is 5. The zero-order valence-electron chi connectivity index (χ0n) is 14.2. The second-order valence-electron chi connectivity index (χ2n) is 5.71. The molecule has 0 radical (unpaired) electrons. The molecule has 8 nitrogen and oxygen atoms in total. The summed E-state index contributed by atoms with van der Waals surface area (Å²) in [5.41, 5.74) is -1.29. The van der Waals surface area contributed by atoms with Gasteiger partial charge in [-0.2, -0.15) is 0 Å². The van der Waals surface area contributed by atoms with Gasteiger partial charge in [-0.1, -0.05) is 23.7 Å². The van der Waals surface area contributed by atoms with E-state index in [2.05, 4.69) is 10.4 Å². The molecule has 0 unspecified atom stereocenters. The van der Waals surface area contributed by atoms with Crippen molar-refractivity contribution < 1.29 is 18.7 Å². The van der Waals surface area contributed by atoms with Crippen molar-refractivity contribution in [2.24, 2.45) is 0 Å². The van der Waals surface area contributed by atoms with Crippen molar-refractivity contribution in [1.82, 2.24) is 9.78 Å².